The monoisotopic (exact) mass is 635 g/mol. The summed E-state index contributed by atoms with van der Waals surface area (Å²) in [6.07, 6.45) is -5.44. The fraction of sp³-hybridized carbons (Fsp3) is 0.433. The molecule has 2 saturated heterocycles. The Hall–Kier alpha value is -4.69. The van der Waals surface area contributed by atoms with Crippen molar-refractivity contribution in [1.82, 2.24) is 15.1 Å². The van der Waals surface area contributed by atoms with Crippen LogP contribution in [0.3, 0.4) is 0 Å². The molecule has 2 aromatic carbocycles. The normalized spacial score (nSPS) is 17.1. The molecule has 11 nitrogen and oxygen atoms in total. The van der Waals surface area contributed by atoms with Crippen LogP contribution in [0.25, 0.3) is 0 Å². The van der Waals surface area contributed by atoms with Gasteiger partial charge < -0.3 is 15.0 Å². The minimum atomic E-state index is -4.78. The average Bonchev–Trinajstić information content (AvgIpc) is 3.17. The Morgan fingerprint density at radius 1 is 1.02 bits per heavy atom. The zero-order valence-electron chi connectivity index (χ0n) is 25.0. The maximum atomic E-state index is 14.3. The van der Waals surface area contributed by atoms with Gasteiger partial charge in [0, 0.05) is 44.0 Å². The zero-order valence-corrected chi connectivity index (χ0v) is 25.0. The smallest absolute Gasteiger partial charge is 0.416 e. The van der Waals surface area contributed by atoms with E-state index in [1.807, 2.05) is 0 Å². The van der Waals surface area contributed by atoms with Crippen LogP contribution in [-0.2, 0) is 20.5 Å². The number of anilines is 2. The van der Waals surface area contributed by atoms with Crippen molar-refractivity contribution in [2.24, 2.45) is 5.92 Å². The third-order valence-corrected chi connectivity index (χ3v) is 8.16. The number of hydrogen-bond donors (Lipinski definition) is 2. The molecule has 2 aromatic rings. The lowest BCUT2D eigenvalue weighted by Gasteiger charge is -2.42. The van der Waals surface area contributed by atoms with Crippen molar-refractivity contribution in [3.63, 3.8) is 0 Å². The number of methoxy groups -OCH3 is 1. The molecule has 15 heteroatoms. The van der Waals surface area contributed by atoms with E-state index in [-0.39, 0.29) is 44.2 Å². The third-order valence-electron chi connectivity index (χ3n) is 8.16. The van der Waals surface area contributed by atoms with Crippen LogP contribution in [0.2, 0.25) is 0 Å². The minimum Gasteiger partial charge on any atom is -0.453 e. The van der Waals surface area contributed by atoms with E-state index < -0.39 is 58.6 Å². The van der Waals surface area contributed by atoms with Gasteiger partial charge in [0.25, 0.3) is 11.8 Å². The van der Waals surface area contributed by atoms with Crippen LogP contribution in [0.15, 0.2) is 42.5 Å². The van der Waals surface area contributed by atoms with Crippen LogP contribution in [0.1, 0.15) is 49.0 Å². The highest BCUT2D eigenvalue weighted by Gasteiger charge is 2.57. The van der Waals surface area contributed by atoms with E-state index in [0.29, 0.717) is 29.6 Å². The Morgan fingerprint density at radius 2 is 1.64 bits per heavy atom. The summed E-state index contributed by atoms with van der Waals surface area (Å²) in [5.41, 5.74) is -2.40. The number of carbonyl (C=O) groups is 5. The molecule has 0 saturated carbocycles. The van der Waals surface area contributed by atoms with Gasteiger partial charge in [-0.05, 0) is 61.2 Å². The highest BCUT2D eigenvalue weighted by molar-refractivity contribution is 6.16. The van der Waals surface area contributed by atoms with Gasteiger partial charge in [-0.3, -0.25) is 29.5 Å². The highest BCUT2D eigenvalue weighted by atomic mass is 19.4. The van der Waals surface area contributed by atoms with Crippen molar-refractivity contribution < 1.29 is 46.3 Å². The molecule has 1 atom stereocenters. The number of alkyl halides is 3. The van der Waals surface area contributed by atoms with E-state index in [0.717, 1.165) is 4.90 Å². The van der Waals surface area contributed by atoms with Gasteiger partial charge >= 0.3 is 18.3 Å². The van der Waals surface area contributed by atoms with Crippen molar-refractivity contribution in [1.29, 1.82) is 0 Å². The second-order valence-electron chi connectivity index (χ2n) is 11.3. The number of urea groups is 1. The largest absolute Gasteiger partial charge is 0.453 e. The first kappa shape index (κ1) is 33.2. The van der Waals surface area contributed by atoms with Gasteiger partial charge in [-0.2, -0.15) is 13.2 Å². The fourth-order valence-corrected chi connectivity index (χ4v) is 5.50. The lowest BCUT2D eigenvalue weighted by atomic mass is 9.85. The maximum Gasteiger partial charge on any atom is 0.416 e. The summed E-state index contributed by atoms with van der Waals surface area (Å²) in [7, 11) is 2.59. The molecule has 2 heterocycles. The van der Waals surface area contributed by atoms with E-state index in [1.54, 1.807) is 38.1 Å². The molecule has 0 bridgehead atoms. The molecule has 2 N–H and O–H groups in total. The van der Waals surface area contributed by atoms with Crippen LogP contribution in [0.4, 0.5) is 38.5 Å². The second-order valence-corrected chi connectivity index (χ2v) is 11.3. The predicted octanol–water partition coefficient (Wildman–Crippen LogP) is 4.63. The first-order valence-electron chi connectivity index (χ1n) is 14.1. The summed E-state index contributed by atoms with van der Waals surface area (Å²) in [5.74, 6) is -3.35. The Labute approximate surface area is 256 Å². The number of likely N-dealkylation sites (tertiary alicyclic amines) is 1. The van der Waals surface area contributed by atoms with Crippen molar-refractivity contribution in [2.75, 3.05) is 37.5 Å². The Bertz CT molecular complexity index is 1490. The number of hydrogen-bond acceptors (Lipinski definition) is 6. The molecular weight excluding hydrogens is 602 g/mol. The predicted molar refractivity (Wildman–Crippen MR) is 154 cm³/mol. The Kier molecular flexibility index (Phi) is 9.40. The summed E-state index contributed by atoms with van der Waals surface area (Å²) in [6, 6.07) is 6.44. The van der Waals surface area contributed by atoms with Gasteiger partial charge in [0.1, 0.15) is 11.4 Å². The van der Waals surface area contributed by atoms with Gasteiger partial charge in [0.2, 0.25) is 5.91 Å². The lowest BCUT2D eigenvalue weighted by Crippen LogP contribution is -2.58. The summed E-state index contributed by atoms with van der Waals surface area (Å²) in [4.78, 5) is 68.1. The van der Waals surface area contributed by atoms with Crippen molar-refractivity contribution in [2.45, 2.75) is 50.9 Å². The quantitative estimate of drug-likeness (QED) is 0.338. The average molecular weight is 636 g/mol. The van der Waals surface area contributed by atoms with E-state index in [2.05, 4.69) is 15.4 Å². The summed E-state index contributed by atoms with van der Waals surface area (Å²) in [5, 5.41) is 5.00. The Balaban J connectivity index is 1.46. The summed E-state index contributed by atoms with van der Waals surface area (Å²) in [6.45, 7) is 3.61. The molecule has 1 spiro atoms. The number of nitrogens with zero attached hydrogens (tertiary/aromatic N) is 3. The van der Waals surface area contributed by atoms with Gasteiger partial charge in [-0.15, -0.1) is 0 Å². The number of amides is 6. The molecule has 2 aliphatic heterocycles. The first-order valence-corrected chi connectivity index (χ1v) is 14.1. The standard InChI is InChI=1S/C30H33F4N5O6/c1-17(2)23(36-25(41)21-15-18(30(32,33)34)5-10-22(21)31)16-24(40)38-13-11-29(12-14-38)26(42)37(3)28(44)39(29)20-8-6-19(7-9-20)35-27(43)45-4/h5-10,15,17,23H,11-14,16H2,1-4H3,(H,35,43)(H,36,41)/t23-/m0/s1. The molecule has 2 aliphatic rings. The summed E-state index contributed by atoms with van der Waals surface area (Å²) >= 11 is 0. The van der Waals surface area contributed by atoms with Gasteiger partial charge in [-0.25, -0.2) is 14.0 Å². The lowest BCUT2D eigenvalue weighted by molar-refractivity contribution is -0.138. The van der Waals surface area contributed by atoms with Gasteiger partial charge in [0.05, 0.1) is 18.2 Å². The number of carbonyl (C=O) groups excluding carboxylic acids is 5. The maximum absolute atomic E-state index is 14.3. The van der Waals surface area contributed by atoms with Crippen molar-refractivity contribution in [3.05, 3.63) is 59.4 Å². The van der Waals surface area contributed by atoms with E-state index in [9.17, 15) is 41.5 Å². The van der Waals surface area contributed by atoms with Crippen molar-refractivity contribution >= 4 is 41.2 Å². The number of likely N-dealkylation sites (N-methyl/N-ethyl adjacent to an activating group) is 1. The van der Waals surface area contributed by atoms with Crippen molar-refractivity contribution in [3.8, 4) is 0 Å². The molecule has 0 aromatic heterocycles. The number of halogens is 4. The molecule has 242 valence electrons. The number of rotatable bonds is 7. The summed E-state index contributed by atoms with van der Waals surface area (Å²) < 4.78 is 58.3. The number of imide groups is 1. The molecular formula is C30H33F4N5O6. The first-order chi connectivity index (χ1) is 21.1. The third kappa shape index (κ3) is 6.71. The number of piperidine rings is 1. The van der Waals surface area contributed by atoms with Crippen LogP contribution in [0.5, 0.6) is 0 Å². The molecule has 0 aliphatic carbocycles. The number of nitrogens with one attached hydrogen (secondary N) is 2. The minimum absolute atomic E-state index is 0.102. The van der Waals surface area contributed by atoms with E-state index >= 15 is 0 Å². The Morgan fingerprint density at radius 3 is 2.20 bits per heavy atom. The molecule has 45 heavy (non-hydrogen) atoms. The molecule has 0 unspecified atom stereocenters. The molecule has 0 radical (unpaired) electrons. The van der Waals surface area contributed by atoms with Crippen LogP contribution in [-0.4, -0.2) is 78.5 Å². The molecule has 6 amide bonds. The highest BCUT2D eigenvalue weighted by Crippen LogP contribution is 2.40. The number of ether oxygens (including phenoxy) is 1. The molecule has 2 fully saturated rings. The van der Waals surface area contributed by atoms with E-state index in [1.165, 1.54) is 24.0 Å². The van der Waals surface area contributed by atoms with Crippen LogP contribution in [0, 0.1) is 11.7 Å². The van der Waals surface area contributed by atoms with Crippen LogP contribution < -0.4 is 15.5 Å². The fourth-order valence-electron chi connectivity index (χ4n) is 5.50. The van der Waals surface area contributed by atoms with Gasteiger partial charge in [-0.1, -0.05) is 13.8 Å². The molecule has 4 rings (SSSR count). The van der Waals surface area contributed by atoms with E-state index in [4.69, 9.17) is 0 Å². The SMILES string of the molecule is COC(=O)Nc1ccc(N2C(=O)N(C)C(=O)C23CCN(C(=O)C[C@H](NC(=O)c2cc(C(F)(F)F)ccc2F)C(C)C)CC3)cc1. The number of benzene rings is 2. The van der Waals surface area contributed by atoms with Crippen LogP contribution >= 0.6 is 0 Å². The topological polar surface area (TPSA) is 128 Å². The second kappa shape index (κ2) is 12.7. The zero-order chi connectivity index (χ0) is 33.3. The van der Waals surface area contributed by atoms with Gasteiger partial charge in [0.15, 0.2) is 0 Å².